The fourth-order valence-corrected chi connectivity index (χ4v) is 8.97. The minimum absolute atomic E-state index is 0. The topological polar surface area (TPSA) is 0 Å². The quantitative estimate of drug-likeness (QED) is 0.0990. The molecule has 0 amide bonds. The van der Waals surface area contributed by atoms with E-state index in [0.717, 1.165) is 0 Å². The summed E-state index contributed by atoms with van der Waals surface area (Å²) in [5, 5.41) is 8.39. The maximum absolute atomic E-state index is 2.68. The molecule has 0 saturated carbocycles. The molecule has 216 valence electrons. The molecule has 0 radical (unpaired) electrons. The zero-order valence-electron chi connectivity index (χ0n) is 24.5. The molecule has 0 N–H and O–H groups in total. The molecule has 0 aliphatic heterocycles. The van der Waals surface area contributed by atoms with Crippen LogP contribution in [0.1, 0.15) is 13.8 Å². The van der Waals surface area contributed by atoms with E-state index in [-0.39, 0.29) is 16.5 Å². The molecule has 6 rings (SSSR count). The summed E-state index contributed by atoms with van der Waals surface area (Å²) in [5.41, 5.74) is 0. The molecule has 6 aromatic rings. The molecule has 6 aromatic carbocycles. The van der Waals surface area contributed by atoms with Crippen LogP contribution in [0.25, 0.3) is 0 Å². The molecule has 0 unspecified atom stereocenters. The van der Waals surface area contributed by atoms with Crippen molar-refractivity contribution in [3.63, 3.8) is 0 Å². The predicted octanol–water partition coefficient (Wildman–Crippen LogP) is 7.92. The average molecular weight is 637 g/mol. The summed E-state index contributed by atoms with van der Waals surface area (Å²) in [7, 11) is -0.892. The van der Waals surface area contributed by atoms with Crippen molar-refractivity contribution in [2.75, 3.05) is 0 Å². The number of hydrogen-bond donors (Lipinski definition) is 0. The van der Waals surface area contributed by atoms with E-state index in [4.69, 9.17) is 0 Å². The van der Waals surface area contributed by atoms with Gasteiger partial charge in [0.2, 0.25) is 0 Å². The Morgan fingerprint density at radius 3 is 0.535 bits per heavy atom. The van der Waals surface area contributed by atoms with E-state index < -0.39 is 15.8 Å². The molecule has 0 saturated heterocycles. The third-order valence-electron chi connectivity index (χ3n) is 6.34. The second-order valence-electron chi connectivity index (χ2n) is 9.18. The Bertz CT molecular complexity index is 1300. The van der Waals surface area contributed by atoms with Crippen molar-refractivity contribution in [3.05, 3.63) is 182 Å². The zero-order valence-corrected chi connectivity index (χ0v) is 27.3. The average Bonchev–Trinajstić information content (AvgIpc) is 3.08. The third kappa shape index (κ3) is 10.5. The fraction of sp³-hybridized carbons (Fsp3) is 0.0500. The predicted molar refractivity (Wildman–Crippen MR) is 189 cm³/mol. The SMILES string of the molecule is CC#CC.[Ni].c1ccc(P(c2ccccc2)c2ccccc2)cc1.c1ccc(P(c2ccccc2)c2ccccc2)cc1. The molecule has 0 aliphatic rings. The van der Waals surface area contributed by atoms with E-state index in [2.05, 4.69) is 194 Å². The van der Waals surface area contributed by atoms with Crippen molar-refractivity contribution in [1.82, 2.24) is 0 Å². The van der Waals surface area contributed by atoms with Gasteiger partial charge >= 0.3 is 0 Å². The molecule has 0 spiro atoms. The zero-order chi connectivity index (χ0) is 29.2. The van der Waals surface area contributed by atoms with Gasteiger partial charge in [-0.2, -0.15) is 0 Å². The Kier molecular flexibility index (Phi) is 15.2. The van der Waals surface area contributed by atoms with Crippen molar-refractivity contribution in [1.29, 1.82) is 0 Å². The van der Waals surface area contributed by atoms with E-state index in [0.29, 0.717) is 0 Å². The first-order valence-electron chi connectivity index (χ1n) is 14.1. The summed E-state index contributed by atoms with van der Waals surface area (Å²) in [6, 6.07) is 64.7. The van der Waals surface area contributed by atoms with E-state index >= 15 is 0 Å². The normalized spacial score (nSPS) is 9.67. The van der Waals surface area contributed by atoms with Gasteiger partial charge in [-0.1, -0.05) is 182 Å². The van der Waals surface area contributed by atoms with Crippen LogP contribution in [0.5, 0.6) is 0 Å². The molecule has 0 aliphatic carbocycles. The Morgan fingerprint density at radius 2 is 0.419 bits per heavy atom. The van der Waals surface area contributed by atoms with Gasteiger partial charge in [-0.15, -0.1) is 11.8 Å². The monoisotopic (exact) mass is 636 g/mol. The van der Waals surface area contributed by atoms with Gasteiger partial charge in [-0.05, 0) is 61.5 Å². The Hall–Kier alpha value is -3.77. The molecule has 0 bridgehead atoms. The van der Waals surface area contributed by atoms with E-state index in [1.807, 2.05) is 13.8 Å². The van der Waals surface area contributed by atoms with Gasteiger partial charge in [0.25, 0.3) is 0 Å². The minimum atomic E-state index is -0.446. The summed E-state index contributed by atoms with van der Waals surface area (Å²) < 4.78 is 0. The van der Waals surface area contributed by atoms with Crippen LogP contribution in [0.15, 0.2) is 182 Å². The van der Waals surface area contributed by atoms with Crippen molar-refractivity contribution in [2.45, 2.75) is 13.8 Å². The molecule has 0 heterocycles. The Morgan fingerprint density at radius 1 is 0.279 bits per heavy atom. The molecule has 0 atom stereocenters. The van der Waals surface area contributed by atoms with Crippen molar-refractivity contribution in [3.8, 4) is 11.8 Å². The number of hydrogen-bond acceptors (Lipinski definition) is 0. The van der Waals surface area contributed by atoms with Gasteiger partial charge in [0, 0.05) is 16.5 Å². The molecule has 0 nitrogen and oxygen atoms in total. The molecular weight excluding hydrogens is 601 g/mol. The number of rotatable bonds is 6. The van der Waals surface area contributed by atoms with Crippen molar-refractivity contribution < 1.29 is 16.5 Å². The maximum Gasteiger partial charge on any atom is 0 e. The van der Waals surface area contributed by atoms with Crippen LogP contribution in [0.2, 0.25) is 0 Å². The van der Waals surface area contributed by atoms with E-state index in [9.17, 15) is 0 Å². The van der Waals surface area contributed by atoms with Gasteiger partial charge in [0.1, 0.15) is 0 Å². The standard InChI is InChI=1S/2C18H15P.C4H6.Ni/c2*1-4-10-16(11-5-1)19(17-12-6-2-7-13-17)18-14-8-3-9-15-18;1-3-4-2;/h2*1-15H;1-2H3;. The minimum Gasteiger partial charge on any atom is -0.107 e. The first-order chi connectivity index (χ1) is 20.8. The van der Waals surface area contributed by atoms with Crippen LogP contribution >= 0.6 is 15.8 Å². The van der Waals surface area contributed by atoms with Crippen LogP contribution in [0.3, 0.4) is 0 Å². The Labute approximate surface area is 270 Å². The summed E-state index contributed by atoms with van der Waals surface area (Å²) in [6.07, 6.45) is 0. The second kappa shape index (κ2) is 19.4. The molecule has 0 aromatic heterocycles. The third-order valence-corrected chi connectivity index (χ3v) is 11.2. The molecule has 0 fully saturated rings. The van der Waals surface area contributed by atoms with Crippen LogP contribution < -0.4 is 31.8 Å². The molecule has 3 heteroatoms. The first-order valence-corrected chi connectivity index (χ1v) is 16.7. The van der Waals surface area contributed by atoms with Crippen LogP contribution in [0, 0.1) is 11.8 Å². The van der Waals surface area contributed by atoms with Gasteiger partial charge in [0.05, 0.1) is 0 Å². The Balaban J connectivity index is 0.000000206. The summed E-state index contributed by atoms with van der Waals surface area (Å²) in [4.78, 5) is 0. The van der Waals surface area contributed by atoms with E-state index in [1.54, 1.807) is 0 Å². The summed E-state index contributed by atoms with van der Waals surface area (Å²) in [6.45, 7) is 3.64. The van der Waals surface area contributed by atoms with Gasteiger partial charge < -0.3 is 0 Å². The van der Waals surface area contributed by atoms with Crippen molar-refractivity contribution in [2.24, 2.45) is 0 Å². The fourth-order valence-electron chi connectivity index (χ4n) is 4.36. The van der Waals surface area contributed by atoms with Crippen LogP contribution in [-0.4, -0.2) is 0 Å². The van der Waals surface area contributed by atoms with Crippen LogP contribution in [0.4, 0.5) is 0 Å². The molecule has 43 heavy (non-hydrogen) atoms. The largest absolute Gasteiger partial charge is 0.107 e. The number of benzene rings is 6. The summed E-state index contributed by atoms with van der Waals surface area (Å²) in [5.74, 6) is 5.36. The first kappa shape index (κ1) is 33.7. The van der Waals surface area contributed by atoms with Gasteiger partial charge in [-0.25, -0.2) is 0 Å². The van der Waals surface area contributed by atoms with Gasteiger partial charge in [-0.3, -0.25) is 0 Å². The smallest absolute Gasteiger partial charge is 0 e. The summed E-state index contributed by atoms with van der Waals surface area (Å²) >= 11 is 0. The van der Waals surface area contributed by atoms with Gasteiger partial charge in [0.15, 0.2) is 0 Å². The van der Waals surface area contributed by atoms with E-state index in [1.165, 1.54) is 31.8 Å². The molecular formula is C40H36NiP2. The van der Waals surface area contributed by atoms with Crippen molar-refractivity contribution >= 4 is 47.7 Å². The van der Waals surface area contributed by atoms with Crippen LogP contribution in [-0.2, 0) is 16.5 Å². The maximum atomic E-state index is 2.68. The second-order valence-corrected chi connectivity index (χ2v) is 13.6.